The molecule has 0 aromatic carbocycles. The largest absolute Gasteiger partial charge is 0.327 e. The third-order valence-corrected chi connectivity index (χ3v) is 3.96. The number of thiazole rings is 1. The maximum Gasteiger partial charge on any atom is 0.257 e. The molecule has 0 saturated carbocycles. The van der Waals surface area contributed by atoms with Crippen molar-refractivity contribution >= 4 is 28.3 Å². The second-order valence-corrected chi connectivity index (χ2v) is 5.32. The first kappa shape index (κ1) is 13.6. The molecular weight excluding hydrogens is 295 g/mol. The van der Waals surface area contributed by atoms with E-state index in [0.717, 1.165) is 6.20 Å². The maximum atomic E-state index is 13.6. The van der Waals surface area contributed by atoms with E-state index >= 15 is 0 Å². The molecule has 2 aromatic rings. The van der Waals surface area contributed by atoms with Crippen molar-refractivity contribution in [2.75, 3.05) is 24.5 Å². The molecular formula is C13H11FN4O2S. The number of carbonyl (C=O) groups excluding carboxylic acids is 2. The summed E-state index contributed by atoms with van der Waals surface area (Å²) in [5.41, 5.74) is -0.0690. The van der Waals surface area contributed by atoms with Gasteiger partial charge in [-0.3, -0.25) is 19.5 Å². The molecule has 0 unspecified atom stereocenters. The van der Waals surface area contributed by atoms with Gasteiger partial charge in [-0.15, -0.1) is 11.3 Å². The second kappa shape index (κ2) is 5.57. The van der Waals surface area contributed by atoms with Crippen LogP contribution < -0.4 is 4.90 Å². The van der Waals surface area contributed by atoms with Crippen molar-refractivity contribution in [2.45, 2.75) is 0 Å². The Labute approximate surface area is 123 Å². The van der Waals surface area contributed by atoms with Crippen LogP contribution in [0.2, 0.25) is 0 Å². The molecule has 0 N–H and O–H groups in total. The Balaban J connectivity index is 1.74. The van der Waals surface area contributed by atoms with E-state index in [4.69, 9.17) is 0 Å². The number of nitrogens with zero attached hydrogens (tertiary/aromatic N) is 4. The normalized spacial score (nSPS) is 15.4. The number of carbonyl (C=O) groups is 2. The van der Waals surface area contributed by atoms with Crippen molar-refractivity contribution < 1.29 is 14.0 Å². The number of pyridine rings is 1. The van der Waals surface area contributed by atoms with Crippen molar-refractivity contribution in [1.29, 1.82) is 0 Å². The van der Waals surface area contributed by atoms with Gasteiger partial charge in [-0.1, -0.05) is 0 Å². The van der Waals surface area contributed by atoms with Crippen LogP contribution in [-0.4, -0.2) is 46.3 Å². The molecule has 108 valence electrons. The summed E-state index contributed by atoms with van der Waals surface area (Å²) in [5.74, 6) is -1.40. The Bertz CT molecular complexity index is 677. The number of hydrogen-bond acceptors (Lipinski definition) is 5. The molecule has 2 amide bonds. The monoisotopic (exact) mass is 306 g/mol. The average Bonchev–Trinajstić information content (AvgIpc) is 3.01. The SMILES string of the molecule is O=C(c1ccncc1F)N1CCN(c2nccs2)C(=O)C1. The number of aromatic nitrogens is 2. The Morgan fingerprint density at radius 2 is 2.19 bits per heavy atom. The molecule has 0 spiro atoms. The molecule has 8 heteroatoms. The average molecular weight is 306 g/mol. The first-order valence-corrected chi connectivity index (χ1v) is 7.13. The van der Waals surface area contributed by atoms with Crippen LogP contribution in [0.1, 0.15) is 10.4 Å². The van der Waals surface area contributed by atoms with E-state index in [1.807, 2.05) is 0 Å². The molecule has 1 aliphatic heterocycles. The van der Waals surface area contributed by atoms with Crippen LogP contribution in [0.3, 0.4) is 0 Å². The van der Waals surface area contributed by atoms with Crippen LogP contribution in [0.25, 0.3) is 0 Å². The van der Waals surface area contributed by atoms with Gasteiger partial charge in [0, 0.05) is 30.9 Å². The molecule has 1 saturated heterocycles. The predicted molar refractivity (Wildman–Crippen MR) is 74.6 cm³/mol. The molecule has 0 aliphatic carbocycles. The lowest BCUT2D eigenvalue weighted by Crippen LogP contribution is -2.52. The Kier molecular flexibility index (Phi) is 3.61. The zero-order valence-corrected chi connectivity index (χ0v) is 11.7. The number of piperazine rings is 1. The molecule has 0 radical (unpaired) electrons. The molecule has 6 nitrogen and oxygen atoms in total. The van der Waals surface area contributed by atoms with E-state index in [9.17, 15) is 14.0 Å². The minimum atomic E-state index is -0.683. The third-order valence-electron chi connectivity index (χ3n) is 3.16. The van der Waals surface area contributed by atoms with Crippen LogP contribution in [0.5, 0.6) is 0 Å². The van der Waals surface area contributed by atoms with E-state index in [1.165, 1.54) is 33.4 Å². The quantitative estimate of drug-likeness (QED) is 0.835. The van der Waals surface area contributed by atoms with Crippen LogP contribution in [0, 0.1) is 5.82 Å². The van der Waals surface area contributed by atoms with Crippen molar-refractivity contribution in [3.8, 4) is 0 Å². The van der Waals surface area contributed by atoms with Crippen molar-refractivity contribution in [3.63, 3.8) is 0 Å². The van der Waals surface area contributed by atoms with Gasteiger partial charge in [-0.25, -0.2) is 9.37 Å². The van der Waals surface area contributed by atoms with Gasteiger partial charge >= 0.3 is 0 Å². The van der Waals surface area contributed by atoms with E-state index < -0.39 is 11.7 Å². The summed E-state index contributed by atoms with van der Waals surface area (Å²) in [5, 5.41) is 2.40. The fraction of sp³-hybridized carbons (Fsp3) is 0.231. The van der Waals surface area contributed by atoms with Gasteiger partial charge in [-0.2, -0.15) is 0 Å². The third kappa shape index (κ3) is 2.62. The van der Waals surface area contributed by atoms with E-state index in [1.54, 1.807) is 11.6 Å². The fourth-order valence-electron chi connectivity index (χ4n) is 2.12. The minimum absolute atomic E-state index is 0.0690. The first-order chi connectivity index (χ1) is 10.2. The first-order valence-electron chi connectivity index (χ1n) is 6.25. The van der Waals surface area contributed by atoms with E-state index in [2.05, 4.69) is 9.97 Å². The highest BCUT2D eigenvalue weighted by atomic mass is 32.1. The fourth-order valence-corrected chi connectivity index (χ4v) is 2.80. The van der Waals surface area contributed by atoms with Crippen molar-refractivity contribution in [3.05, 3.63) is 41.4 Å². The second-order valence-electron chi connectivity index (χ2n) is 4.44. The number of rotatable bonds is 2. The van der Waals surface area contributed by atoms with Gasteiger partial charge in [0.1, 0.15) is 6.54 Å². The molecule has 3 rings (SSSR count). The lowest BCUT2D eigenvalue weighted by atomic mass is 10.2. The zero-order chi connectivity index (χ0) is 14.8. The van der Waals surface area contributed by atoms with E-state index in [-0.39, 0.29) is 18.0 Å². The number of halogens is 1. The summed E-state index contributed by atoms with van der Waals surface area (Å²) < 4.78 is 13.6. The van der Waals surface area contributed by atoms with Crippen molar-refractivity contribution in [1.82, 2.24) is 14.9 Å². The number of amides is 2. The Morgan fingerprint density at radius 1 is 1.33 bits per heavy atom. The van der Waals surface area contributed by atoms with E-state index in [0.29, 0.717) is 18.2 Å². The van der Waals surface area contributed by atoms with Crippen LogP contribution in [0.15, 0.2) is 30.0 Å². The highest BCUT2D eigenvalue weighted by molar-refractivity contribution is 7.13. The molecule has 0 bridgehead atoms. The molecule has 1 fully saturated rings. The molecule has 0 atom stereocenters. The summed E-state index contributed by atoms with van der Waals surface area (Å²) >= 11 is 1.36. The molecule has 2 aromatic heterocycles. The topological polar surface area (TPSA) is 66.4 Å². The van der Waals surface area contributed by atoms with Crippen LogP contribution >= 0.6 is 11.3 Å². The maximum absolute atomic E-state index is 13.6. The Hall–Kier alpha value is -2.35. The highest BCUT2D eigenvalue weighted by Gasteiger charge is 2.30. The van der Waals surface area contributed by atoms with Gasteiger partial charge < -0.3 is 4.90 Å². The number of hydrogen-bond donors (Lipinski definition) is 0. The van der Waals surface area contributed by atoms with Crippen LogP contribution in [0.4, 0.5) is 9.52 Å². The van der Waals surface area contributed by atoms with Gasteiger partial charge in [0.2, 0.25) is 5.91 Å². The lowest BCUT2D eigenvalue weighted by molar-refractivity contribution is -0.120. The van der Waals surface area contributed by atoms with Gasteiger partial charge in [0.25, 0.3) is 5.91 Å². The lowest BCUT2D eigenvalue weighted by Gasteiger charge is -2.32. The molecule has 3 heterocycles. The Morgan fingerprint density at radius 3 is 2.86 bits per heavy atom. The van der Waals surface area contributed by atoms with Crippen LogP contribution in [-0.2, 0) is 4.79 Å². The summed E-state index contributed by atoms with van der Waals surface area (Å²) in [4.78, 5) is 34.9. The smallest absolute Gasteiger partial charge is 0.257 e. The minimum Gasteiger partial charge on any atom is -0.327 e. The summed E-state index contributed by atoms with van der Waals surface area (Å²) in [7, 11) is 0. The zero-order valence-electron chi connectivity index (χ0n) is 10.9. The highest BCUT2D eigenvalue weighted by Crippen LogP contribution is 2.20. The summed E-state index contributed by atoms with van der Waals surface area (Å²) in [6.45, 7) is 0.608. The van der Waals surface area contributed by atoms with Crippen molar-refractivity contribution in [2.24, 2.45) is 0 Å². The van der Waals surface area contributed by atoms with Gasteiger partial charge in [0.15, 0.2) is 10.9 Å². The number of anilines is 1. The predicted octanol–water partition coefficient (Wildman–Crippen LogP) is 1.17. The van der Waals surface area contributed by atoms with Gasteiger partial charge in [0.05, 0.1) is 11.8 Å². The molecule has 1 aliphatic rings. The summed E-state index contributed by atoms with van der Waals surface area (Å²) in [6.07, 6.45) is 3.96. The molecule has 21 heavy (non-hydrogen) atoms. The van der Waals surface area contributed by atoms with Gasteiger partial charge in [-0.05, 0) is 6.07 Å². The standard InChI is InChI=1S/C13H11FN4O2S/c14-10-7-15-2-1-9(10)12(20)17-4-5-18(11(19)8-17)13-16-3-6-21-13/h1-3,6-7H,4-5,8H2. The summed E-state index contributed by atoms with van der Waals surface area (Å²) in [6, 6.07) is 1.31.